The molecule has 0 saturated heterocycles. The lowest BCUT2D eigenvalue weighted by Gasteiger charge is -2.24. The first-order valence-electron chi connectivity index (χ1n) is 6.25. The van der Waals surface area contributed by atoms with Gasteiger partial charge >= 0.3 is 0 Å². The Balaban J connectivity index is 2.56. The van der Waals surface area contributed by atoms with Crippen molar-refractivity contribution in [3.05, 3.63) is 23.2 Å². The molecular formula is C14H21ClN2O3. The van der Waals surface area contributed by atoms with E-state index in [0.717, 1.165) is 0 Å². The Morgan fingerprint density at radius 3 is 2.65 bits per heavy atom. The van der Waals surface area contributed by atoms with E-state index in [4.69, 9.17) is 16.3 Å². The van der Waals surface area contributed by atoms with Crippen LogP contribution in [0.1, 0.15) is 13.8 Å². The minimum atomic E-state index is -0.835. The third kappa shape index (κ3) is 5.77. The maximum absolute atomic E-state index is 11.9. The summed E-state index contributed by atoms with van der Waals surface area (Å²) < 4.78 is 5.04. The van der Waals surface area contributed by atoms with Crippen LogP contribution in [0.2, 0.25) is 5.02 Å². The van der Waals surface area contributed by atoms with E-state index < -0.39 is 5.60 Å². The Morgan fingerprint density at radius 1 is 1.50 bits per heavy atom. The number of hydrogen-bond acceptors (Lipinski definition) is 4. The summed E-state index contributed by atoms with van der Waals surface area (Å²) in [5.41, 5.74) is -0.226. The summed E-state index contributed by atoms with van der Waals surface area (Å²) >= 11 is 5.99. The highest BCUT2D eigenvalue weighted by Crippen LogP contribution is 2.27. The molecule has 0 fully saturated rings. The predicted octanol–water partition coefficient (Wildman–Crippen LogP) is 1.99. The van der Waals surface area contributed by atoms with Gasteiger partial charge in [-0.3, -0.25) is 9.69 Å². The van der Waals surface area contributed by atoms with Crippen LogP contribution in [-0.4, -0.2) is 48.8 Å². The van der Waals surface area contributed by atoms with Crippen LogP contribution in [0.4, 0.5) is 5.69 Å². The summed E-state index contributed by atoms with van der Waals surface area (Å²) in [6.45, 7) is 3.99. The van der Waals surface area contributed by atoms with Gasteiger partial charge < -0.3 is 15.2 Å². The van der Waals surface area contributed by atoms with Crippen LogP contribution in [0, 0.1) is 0 Å². The van der Waals surface area contributed by atoms with E-state index >= 15 is 0 Å². The number of carbonyl (C=O) groups excluding carboxylic acids is 1. The average Bonchev–Trinajstić information content (AvgIpc) is 2.25. The van der Waals surface area contributed by atoms with Gasteiger partial charge in [0.15, 0.2) is 0 Å². The summed E-state index contributed by atoms with van der Waals surface area (Å²) in [7, 11) is 3.31. The van der Waals surface area contributed by atoms with Crippen molar-refractivity contribution in [1.29, 1.82) is 0 Å². The molecule has 1 rings (SSSR count). The molecule has 5 nitrogen and oxygen atoms in total. The maximum Gasteiger partial charge on any atom is 0.238 e. The molecule has 0 heterocycles. The number of anilines is 1. The van der Waals surface area contributed by atoms with Gasteiger partial charge in [-0.1, -0.05) is 11.6 Å². The number of methoxy groups -OCH3 is 1. The molecule has 0 unspecified atom stereocenters. The van der Waals surface area contributed by atoms with Gasteiger partial charge in [0.1, 0.15) is 5.75 Å². The molecule has 0 radical (unpaired) electrons. The first-order chi connectivity index (χ1) is 9.21. The summed E-state index contributed by atoms with van der Waals surface area (Å²) in [5, 5.41) is 12.9. The minimum absolute atomic E-state index is 0.169. The number of carbonyl (C=O) groups is 1. The first kappa shape index (κ1) is 16.8. The molecule has 0 spiro atoms. The third-order valence-electron chi connectivity index (χ3n) is 2.51. The van der Waals surface area contributed by atoms with E-state index in [-0.39, 0.29) is 12.5 Å². The summed E-state index contributed by atoms with van der Waals surface area (Å²) in [6, 6.07) is 5.05. The predicted molar refractivity (Wildman–Crippen MR) is 80.4 cm³/mol. The van der Waals surface area contributed by atoms with E-state index in [1.54, 1.807) is 44.0 Å². The zero-order chi connectivity index (χ0) is 15.3. The Hall–Kier alpha value is -1.30. The number of nitrogens with one attached hydrogen (secondary N) is 1. The van der Waals surface area contributed by atoms with E-state index in [0.29, 0.717) is 23.0 Å². The average molecular weight is 301 g/mol. The summed E-state index contributed by atoms with van der Waals surface area (Å²) in [4.78, 5) is 13.6. The molecule has 0 aliphatic rings. The molecule has 1 aromatic carbocycles. The second-order valence-electron chi connectivity index (χ2n) is 5.38. The number of likely N-dealkylation sites (N-methyl/N-ethyl adjacent to an activating group) is 1. The molecular weight excluding hydrogens is 280 g/mol. The molecule has 0 aromatic heterocycles. The van der Waals surface area contributed by atoms with Crippen LogP contribution in [0.5, 0.6) is 5.75 Å². The molecule has 1 amide bonds. The first-order valence-corrected chi connectivity index (χ1v) is 6.63. The van der Waals surface area contributed by atoms with Gasteiger partial charge in [-0.15, -0.1) is 0 Å². The molecule has 0 saturated carbocycles. The largest absolute Gasteiger partial charge is 0.495 e. The van der Waals surface area contributed by atoms with Crippen LogP contribution >= 0.6 is 11.6 Å². The van der Waals surface area contributed by atoms with Crippen molar-refractivity contribution in [2.45, 2.75) is 19.4 Å². The SMILES string of the molecule is COc1ccc(NC(=O)CN(C)CC(C)(C)O)cc1Cl. The summed E-state index contributed by atoms with van der Waals surface area (Å²) in [6.07, 6.45) is 0. The Kier molecular flexibility index (Phi) is 5.80. The van der Waals surface area contributed by atoms with Gasteiger partial charge in [0, 0.05) is 12.2 Å². The zero-order valence-corrected chi connectivity index (χ0v) is 13.0. The number of hydrogen-bond donors (Lipinski definition) is 2. The second kappa shape index (κ2) is 6.92. The smallest absolute Gasteiger partial charge is 0.238 e. The molecule has 6 heteroatoms. The number of nitrogens with zero attached hydrogens (tertiary/aromatic N) is 1. The van der Waals surface area contributed by atoms with E-state index in [1.165, 1.54) is 7.11 Å². The van der Waals surface area contributed by atoms with Crippen molar-refractivity contribution >= 4 is 23.2 Å². The molecule has 112 valence electrons. The van der Waals surface area contributed by atoms with Crippen molar-refractivity contribution in [3.8, 4) is 5.75 Å². The lowest BCUT2D eigenvalue weighted by Crippen LogP contribution is -2.40. The summed E-state index contributed by atoms with van der Waals surface area (Å²) in [5.74, 6) is 0.391. The number of benzene rings is 1. The molecule has 2 N–H and O–H groups in total. The highest BCUT2D eigenvalue weighted by atomic mass is 35.5. The Morgan fingerprint density at radius 2 is 2.15 bits per heavy atom. The topological polar surface area (TPSA) is 61.8 Å². The fourth-order valence-corrected chi connectivity index (χ4v) is 2.16. The quantitative estimate of drug-likeness (QED) is 0.843. The van der Waals surface area contributed by atoms with Gasteiger partial charge in [0.05, 0.1) is 24.3 Å². The standard InChI is InChI=1S/C14H21ClN2O3/c1-14(2,19)9-17(3)8-13(18)16-10-5-6-12(20-4)11(15)7-10/h5-7,19H,8-9H2,1-4H3,(H,16,18). The van der Waals surface area contributed by atoms with Crippen LogP contribution in [-0.2, 0) is 4.79 Å². The van der Waals surface area contributed by atoms with Crippen molar-refractivity contribution in [2.24, 2.45) is 0 Å². The van der Waals surface area contributed by atoms with Gasteiger partial charge in [0.2, 0.25) is 5.91 Å². The van der Waals surface area contributed by atoms with Crippen LogP contribution in [0.3, 0.4) is 0 Å². The lowest BCUT2D eigenvalue weighted by molar-refractivity contribution is -0.117. The normalized spacial score (nSPS) is 11.6. The van der Waals surface area contributed by atoms with Gasteiger partial charge in [-0.2, -0.15) is 0 Å². The Labute approximate surface area is 124 Å². The second-order valence-corrected chi connectivity index (χ2v) is 5.79. The zero-order valence-electron chi connectivity index (χ0n) is 12.2. The van der Waals surface area contributed by atoms with E-state index in [9.17, 15) is 9.90 Å². The molecule has 20 heavy (non-hydrogen) atoms. The van der Waals surface area contributed by atoms with E-state index in [2.05, 4.69) is 5.32 Å². The minimum Gasteiger partial charge on any atom is -0.495 e. The number of rotatable bonds is 6. The lowest BCUT2D eigenvalue weighted by atomic mass is 10.1. The Bertz CT molecular complexity index is 472. The number of halogens is 1. The van der Waals surface area contributed by atoms with Crippen molar-refractivity contribution < 1.29 is 14.6 Å². The number of aliphatic hydroxyl groups is 1. The van der Waals surface area contributed by atoms with Crippen molar-refractivity contribution in [3.63, 3.8) is 0 Å². The molecule has 0 atom stereocenters. The van der Waals surface area contributed by atoms with Crippen LogP contribution in [0.25, 0.3) is 0 Å². The molecule has 0 aliphatic heterocycles. The van der Waals surface area contributed by atoms with Crippen LogP contribution < -0.4 is 10.1 Å². The number of amides is 1. The maximum atomic E-state index is 11.9. The fourth-order valence-electron chi connectivity index (χ4n) is 1.91. The number of ether oxygens (including phenoxy) is 1. The van der Waals surface area contributed by atoms with Crippen molar-refractivity contribution in [1.82, 2.24) is 4.90 Å². The molecule has 1 aromatic rings. The monoisotopic (exact) mass is 300 g/mol. The highest BCUT2D eigenvalue weighted by molar-refractivity contribution is 6.32. The highest BCUT2D eigenvalue weighted by Gasteiger charge is 2.17. The third-order valence-corrected chi connectivity index (χ3v) is 2.80. The molecule has 0 aliphatic carbocycles. The van der Waals surface area contributed by atoms with Crippen LogP contribution in [0.15, 0.2) is 18.2 Å². The van der Waals surface area contributed by atoms with Gasteiger partial charge in [-0.25, -0.2) is 0 Å². The molecule has 0 bridgehead atoms. The van der Waals surface area contributed by atoms with Crippen molar-refractivity contribution in [2.75, 3.05) is 32.6 Å². The fraction of sp³-hybridized carbons (Fsp3) is 0.500. The van der Waals surface area contributed by atoms with Gasteiger partial charge in [0.25, 0.3) is 0 Å². The van der Waals surface area contributed by atoms with E-state index in [1.807, 2.05) is 0 Å². The van der Waals surface area contributed by atoms with Gasteiger partial charge in [-0.05, 0) is 39.1 Å².